The SMILES string of the molecule is COc1ccccc1S(=O)(=O)NC1CCC(O)CC1. The standard InChI is InChI=1S/C13H19NO4S/c1-18-12-4-2-3-5-13(12)19(16,17)14-10-6-8-11(15)9-7-10/h2-5,10-11,14-15H,6-9H2,1H3. The van der Waals surface area contributed by atoms with Gasteiger partial charge in [-0.05, 0) is 37.8 Å². The van der Waals surface area contributed by atoms with Crippen molar-refractivity contribution >= 4 is 10.0 Å². The minimum Gasteiger partial charge on any atom is -0.495 e. The first kappa shape index (κ1) is 14.3. The molecule has 0 saturated heterocycles. The fraction of sp³-hybridized carbons (Fsp3) is 0.538. The summed E-state index contributed by atoms with van der Waals surface area (Å²) >= 11 is 0. The van der Waals surface area contributed by atoms with Gasteiger partial charge in [0.25, 0.3) is 0 Å². The molecule has 0 aromatic heterocycles. The fourth-order valence-electron chi connectivity index (χ4n) is 2.32. The summed E-state index contributed by atoms with van der Waals surface area (Å²) in [7, 11) is -2.13. The van der Waals surface area contributed by atoms with Crippen LogP contribution in [0.2, 0.25) is 0 Å². The molecule has 0 amide bonds. The van der Waals surface area contributed by atoms with Gasteiger partial charge in [-0.3, -0.25) is 0 Å². The van der Waals surface area contributed by atoms with E-state index in [9.17, 15) is 13.5 Å². The summed E-state index contributed by atoms with van der Waals surface area (Å²) in [5.41, 5.74) is 0. The summed E-state index contributed by atoms with van der Waals surface area (Å²) in [6.07, 6.45) is 2.30. The molecule has 1 saturated carbocycles. The van der Waals surface area contributed by atoms with E-state index in [2.05, 4.69) is 4.72 Å². The molecule has 5 nitrogen and oxygen atoms in total. The van der Waals surface area contributed by atoms with Gasteiger partial charge >= 0.3 is 0 Å². The molecule has 19 heavy (non-hydrogen) atoms. The summed E-state index contributed by atoms with van der Waals surface area (Å²) in [5.74, 6) is 0.339. The zero-order valence-electron chi connectivity index (χ0n) is 10.9. The number of methoxy groups -OCH3 is 1. The Morgan fingerprint density at radius 1 is 1.21 bits per heavy atom. The molecule has 2 rings (SSSR count). The Hall–Kier alpha value is -1.11. The number of ether oxygens (including phenoxy) is 1. The summed E-state index contributed by atoms with van der Waals surface area (Å²) in [6, 6.07) is 6.44. The summed E-state index contributed by atoms with van der Waals surface area (Å²) < 4.78 is 32.4. The monoisotopic (exact) mass is 285 g/mol. The highest BCUT2D eigenvalue weighted by Crippen LogP contribution is 2.25. The molecule has 2 N–H and O–H groups in total. The molecule has 0 aliphatic heterocycles. The van der Waals surface area contributed by atoms with Crippen molar-refractivity contribution in [1.82, 2.24) is 4.72 Å². The lowest BCUT2D eigenvalue weighted by Crippen LogP contribution is -2.38. The smallest absolute Gasteiger partial charge is 0.244 e. The minimum atomic E-state index is -3.58. The molecular weight excluding hydrogens is 266 g/mol. The van der Waals surface area contributed by atoms with Crippen LogP contribution in [0.1, 0.15) is 25.7 Å². The number of aliphatic hydroxyl groups excluding tert-OH is 1. The Labute approximate surface area is 113 Å². The Bertz CT molecular complexity index is 521. The van der Waals surface area contributed by atoms with Gasteiger partial charge in [-0.1, -0.05) is 12.1 Å². The Morgan fingerprint density at radius 3 is 2.47 bits per heavy atom. The third-order valence-corrected chi connectivity index (χ3v) is 4.94. The van der Waals surface area contributed by atoms with Gasteiger partial charge in [0.05, 0.1) is 13.2 Å². The van der Waals surface area contributed by atoms with Gasteiger partial charge in [-0.2, -0.15) is 0 Å². The molecule has 1 fully saturated rings. The molecule has 1 aromatic carbocycles. The Morgan fingerprint density at radius 2 is 1.84 bits per heavy atom. The van der Waals surface area contributed by atoms with Crippen molar-refractivity contribution in [1.29, 1.82) is 0 Å². The van der Waals surface area contributed by atoms with Gasteiger partial charge in [0, 0.05) is 6.04 Å². The predicted molar refractivity (Wildman–Crippen MR) is 71.6 cm³/mol. The lowest BCUT2D eigenvalue weighted by Gasteiger charge is -2.26. The Balaban J connectivity index is 2.14. The number of hydrogen-bond donors (Lipinski definition) is 2. The number of nitrogens with one attached hydrogen (secondary N) is 1. The topological polar surface area (TPSA) is 75.6 Å². The molecule has 0 heterocycles. The zero-order chi connectivity index (χ0) is 13.9. The second-order valence-electron chi connectivity index (χ2n) is 4.78. The highest BCUT2D eigenvalue weighted by Gasteiger charge is 2.26. The van der Waals surface area contributed by atoms with Gasteiger partial charge in [0.15, 0.2) is 0 Å². The highest BCUT2D eigenvalue weighted by molar-refractivity contribution is 7.89. The van der Waals surface area contributed by atoms with Gasteiger partial charge in [-0.15, -0.1) is 0 Å². The van der Waals surface area contributed by atoms with Crippen LogP contribution in [0.15, 0.2) is 29.2 Å². The van der Waals surface area contributed by atoms with E-state index in [-0.39, 0.29) is 17.0 Å². The third kappa shape index (κ3) is 3.46. The molecule has 1 aliphatic rings. The van der Waals surface area contributed by atoms with Gasteiger partial charge in [-0.25, -0.2) is 13.1 Å². The van der Waals surface area contributed by atoms with E-state index in [1.165, 1.54) is 13.2 Å². The maximum absolute atomic E-state index is 12.3. The lowest BCUT2D eigenvalue weighted by molar-refractivity contribution is 0.120. The van der Waals surface area contributed by atoms with Crippen molar-refractivity contribution in [3.8, 4) is 5.75 Å². The van der Waals surface area contributed by atoms with Crippen LogP contribution in [0.4, 0.5) is 0 Å². The number of hydrogen-bond acceptors (Lipinski definition) is 4. The van der Waals surface area contributed by atoms with E-state index in [0.717, 1.165) is 0 Å². The van der Waals surface area contributed by atoms with Crippen LogP contribution in [0, 0.1) is 0 Å². The maximum atomic E-state index is 12.3. The molecule has 0 spiro atoms. The summed E-state index contributed by atoms with van der Waals surface area (Å²) in [6.45, 7) is 0. The van der Waals surface area contributed by atoms with Crippen molar-refractivity contribution in [2.45, 2.75) is 42.7 Å². The van der Waals surface area contributed by atoms with Crippen molar-refractivity contribution in [3.05, 3.63) is 24.3 Å². The normalized spacial score (nSPS) is 24.1. The minimum absolute atomic E-state index is 0.113. The number of para-hydroxylation sites is 1. The van der Waals surface area contributed by atoms with Crippen LogP contribution in [0.3, 0.4) is 0 Å². The van der Waals surface area contributed by atoms with E-state index in [0.29, 0.717) is 31.4 Å². The first-order valence-electron chi connectivity index (χ1n) is 6.36. The van der Waals surface area contributed by atoms with Gasteiger partial charge in [0.2, 0.25) is 10.0 Å². The molecule has 0 bridgehead atoms. The Kier molecular flexibility index (Phi) is 4.44. The van der Waals surface area contributed by atoms with Crippen LogP contribution < -0.4 is 9.46 Å². The summed E-state index contributed by atoms with van der Waals surface area (Å²) in [4.78, 5) is 0.156. The summed E-state index contributed by atoms with van der Waals surface area (Å²) in [5, 5.41) is 9.43. The molecule has 0 unspecified atom stereocenters. The van der Waals surface area contributed by atoms with Crippen LogP contribution in [-0.4, -0.2) is 32.8 Å². The second-order valence-corrected chi connectivity index (χ2v) is 6.46. The van der Waals surface area contributed by atoms with E-state index in [4.69, 9.17) is 4.74 Å². The average Bonchev–Trinajstić information content (AvgIpc) is 2.41. The number of sulfonamides is 1. The van der Waals surface area contributed by atoms with Crippen molar-refractivity contribution in [3.63, 3.8) is 0 Å². The van der Waals surface area contributed by atoms with E-state index in [1.807, 2.05) is 0 Å². The second kappa shape index (κ2) is 5.90. The fourth-order valence-corrected chi connectivity index (χ4v) is 3.79. The van der Waals surface area contributed by atoms with Crippen LogP contribution >= 0.6 is 0 Å². The number of benzene rings is 1. The van der Waals surface area contributed by atoms with Crippen molar-refractivity contribution in [2.24, 2.45) is 0 Å². The largest absolute Gasteiger partial charge is 0.495 e. The molecule has 0 atom stereocenters. The molecule has 0 radical (unpaired) electrons. The van der Waals surface area contributed by atoms with Crippen LogP contribution in [-0.2, 0) is 10.0 Å². The quantitative estimate of drug-likeness (QED) is 0.873. The van der Waals surface area contributed by atoms with Crippen molar-refractivity contribution in [2.75, 3.05) is 7.11 Å². The van der Waals surface area contributed by atoms with Crippen molar-refractivity contribution < 1.29 is 18.3 Å². The maximum Gasteiger partial charge on any atom is 0.244 e. The van der Waals surface area contributed by atoms with Crippen LogP contribution in [0.5, 0.6) is 5.75 Å². The van der Waals surface area contributed by atoms with E-state index >= 15 is 0 Å². The number of rotatable bonds is 4. The molecular formula is C13H19NO4S. The van der Waals surface area contributed by atoms with E-state index in [1.54, 1.807) is 18.2 Å². The molecule has 1 aromatic rings. The molecule has 6 heteroatoms. The van der Waals surface area contributed by atoms with Gasteiger partial charge in [0.1, 0.15) is 10.6 Å². The lowest BCUT2D eigenvalue weighted by atomic mass is 9.94. The first-order chi connectivity index (χ1) is 9.03. The predicted octanol–water partition coefficient (Wildman–Crippen LogP) is 1.28. The first-order valence-corrected chi connectivity index (χ1v) is 7.84. The highest BCUT2D eigenvalue weighted by atomic mass is 32.2. The van der Waals surface area contributed by atoms with Crippen LogP contribution in [0.25, 0.3) is 0 Å². The average molecular weight is 285 g/mol. The van der Waals surface area contributed by atoms with E-state index < -0.39 is 10.0 Å². The van der Waals surface area contributed by atoms with Gasteiger partial charge < -0.3 is 9.84 Å². The molecule has 106 valence electrons. The number of aliphatic hydroxyl groups is 1. The zero-order valence-corrected chi connectivity index (χ0v) is 11.7. The third-order valence-electron chi connectivity index (χ3n) is 3.38. The molecule has 1 aliphatic carbocycles.